The average Bonchev–Trinajstić information content (AvgIpc) is 3.43. The highest BCUT2D eigenvalue weighted by atomic mass is 16.6. The van der Waals surface area contributed by atoms with E-state index in [0.29, 0.717) is 19.3 Å². The van der Waals surface area contributed by atoms with E-state index in [1.54, 1.807) is 0 Å². The third-order valence-corrected chi connectivity index (χ3v) is 14.7. The minimum absolute atomic E-state index is 0.0721. The fourth-order valence-corrected chi connectivity index (χ4v) is 9.70. The Hall–Kier alpha value is -3.15. The van der Waals surface area contributed by atoms with Crippen molar-refractivity contribution >= 4 is 17.9 Å². The van der Waals surface area contributed by atoms with Gasteiger partial charge in [-0.1, -0.05) is 306 Å². The molecule has 0 aliphatic heterocycles. The van der Waals surface area contributed by atoms with Gasteiger partial charge in [0, 0.05) is 19.3 Å². The van der Waals surface area contributed by atoms with Crippen molar-refractivity contribution in [2.24, 2.45) is 0 Å². The normalized spacial score (nSPS) is 12.5. The maximum absolute atomic E-state index is 12.9. The van der Waals surface area contributed by atoms with Gasteiger partial charge in [-0.3, -0.25) is 14.4 Å². The molecule has 0 spiro atoms. The van der Waals surface area contributed by atoms with Crippen molar-refractivity contribution in [2.75, 3.05) is 13.2 Å². The van der Waals surface area contributed by atoms with E-state index in [9.17, 15) is 14.4 Å². The average molecular weight is 1080 g/mol. The van der Waals surface area contributed by atoms with E-state index in [2.05, 4.69) is 93.7 Å². The van der Waals surface area contributed by atoms with Gasteiger partial charge < -0.3 is 14.2 Å². The summed E-state index contributed by atoms with van der Waals surface area (Å²) in [6.07, 6.45) is 84.9. The van der Waals surface area contributed by atoms with Crippen molar-refractivity contribution in [3.05, 3.63) is 72.9 Å². The lowest BCUT2D eigenvalue weighted by Crippen LogP contribution is -2.30. The number of hydrogen-bond donors (Lipinski definition) is 0. The highest BCUT2D eigenvalue weighted by Crippen LogP contribution is 2.17. The van der Waals surface area contributed by atoms with Gasteiger partial charge in [0.25, 0.3) is 0 Å². The first-order valence-electron chi connectivity index (χ1n) is 33.4. The number of unbranched alkanes of at least 4 members (excludes halogenated alkanes) is 38. The third-order valence-electron chi connectivity index (χ3n) is 14.7. The molecular weight excluding hydrogens is 949 g/mol. The predicted molar refractivity (Wildman–Crippen MR) is 335 cm³/mol. The van der Waals surface area contributed by atoms with E-state index >= 15 is 0 Å². The van der Waals surface area contributed by atoms with Gasteiger partial charge in [-0.25, -0.2) is 0 Å². The molecule has 0 saturated carbocycles. The first-order chi connectivity index (χ1) is 38.0. The Morgan fingerprint density at radius 1 is 0.273 bits per heavy atom. The van der Waals surface area contributed by atoms with E-state index in [0.717, 1.165) is 89.9 Å². The Morgan fingerprint density at radius 3 is 0.818 bits per heavy atom. The van der Waals surface area contributed by atoms with E-state index in [1.807, 2.05) is 0 Å². The number of allylic oxidation sites excluding steroid dienone is 12. The standard InChI is InChI=1S/C71H126O6/c1-4-7-10-13-16-19-22-24-26-28-30-31-32-33-34-35-36-37-38-39-41-42-44-46-49-52-55-58-61-64-70(73)76-67-68(66-75-69(72)63-60-57-54-51-48-21-18-15-12-9-6-3)77-71(74)65-62-59-56-53-50-47-45-43-40-29-27-25-23-20-17-14-11-8-5-2/h7,10,16-17,19-20,24-27,30-31,68H,4-6,8-9,11-15,18,21-23,28-29,32-67H2,1-3H3/b10-7-,19-16-,20-17-,26-24-,27-25-,31-30-. The van der Waals surface area contributed by atoms with Crippen molar-refractivity contribution in [1.82, 2.24) is 0 Å². The molecule has 0 radical (unpaired) electrons. The maximum Gasteiger partial charge on any atom is 0.306 e. The number of hydrogen-bond acceptors (Lipinski definition) is 6. The molecule has 6 nitrogen and oxygen atoms in total. The maximum atomic E-state index is 12.9. The lowest BCUT2D eigenvalue weighted by molar-refractivity contribution is -0.167. The predicted octanol–water partition coefficient (Wildman–Crippen LogP) is 22.9. The molecule has 0 N–H and O–H groups in total. The van der Waals surface area contributed by atoms with Crippen LogP contribution in [0.15, 0.2) is 72.9 Å². The van der Waals surface area contributed by atoms with E-state index < -0.39 is 6.10 Å². The van der Waals surface area contributed by atoms with Crippen LogP contribution in [-0.2, 0) is 28.6 Å². The molecule has 0 fully saturated rings. The SMILES string of the molecule is CC/C=C\C/C=C\C/C=C\C/C=C\CCCCCCCCCCCCCCCCCCC(=O)OCC(COC(=O)CCCCCCCCCCCCC)OC(=O)CCCCCCCCCCC/C=C\C/C=C\CCCCC. The number of rotatable bonds is 61. The number of ether oxygens (including phenoxy) is 3. The van der Waals surface area contributed by atoms with Crippen LogP contribution in [0.25, 0.3) is 0 Å². The molecule has 0 rings (SSSR count). The molecule has 0 heterocycles. The van der Waals surface area contributed by atoms with Gasteiger partial charge >= 0.3 is 17.9 Å². The Morgan fingerprint density at radius 2 is 0.506 bits per heavy atom. The summed E-state index contributed by atoms with van der Waals surface area (Å²) >= 11 is 0. The van der Waals surface area contributed by atoms with Gasteiger partial charge in [0.2, 0.25) is 0 Å². The lowest BCUT2D eigenvalue weighted by Gasteiger charge is -2.18. The Kier molecular flexibility index (Phi) is 62.7. The van der Waals surface area contributed by atoms with Crippen LogP contribution in [-0.4, -0.2) is 37.2 Å². The van der Waals surface area contributed by atoms with Crippen LogP contribution < -0.4 is 0 Å². The zero-order valence-electron chi connectivity index (χ0n) is 51.2. The molecule has 446 valence electrons. The molecule has 0 aromatic heterocycles. The van der Waals surface area contributed by atoms with Crippen LogP contribution in [0.3, 0.4) is 0 Å². The fourth-order valence-electron chi connectivity index (χ4n) is 9.70. The van der Waals surface area contributed by atoms with Crippen LogP contribution in [0.5, 0.6) is 0 Å². The van der Waals surface area contributed by atoms with Crippen molar-refractivity contribution in [1.29, 1.82) is 0 Å². The molecule has 1 unspecified atom stereocenters. The largest absolute Gasteiger partial charge is 0.462 e. The highest BCUT2D eigenvalue weighted by Gasteiger charge is 2.19. The van der Waals surface area contributed by atoms with Gasteiger partial charge in [0.15, 0.2) is 6.10 Å². The topological polar surface area (TPSA) is 78.9 Å². The third kappa shape index (κ3) is 63.6. The summed E-state index contributed by atoms with van der Waals surface area (Å²) in [6.45, 7) is 6.54. The summed E-state index contributed by atoms with van der Waals surface area (Å²) in [4.78, 5) is 38.3. The summed E-state index contributed by atoms with van der Waals surface area (Å²) in [5.74, 6) is -0.859. The van der Waals surface area contributed by atoms with Crippen molar-refractivity contribution in [3.8, 4) is 0 Å². The summed E-state index contributed by atoms with van der Waals surface area (Å²) in [7, 11) is 0. The van der Waals surface area contributed by atoms with Crippen LogP contribution in [0.2, 0.25) is 0 Å². The molecule has 0 saturated heterocycles. The number of carbonyl (C=O) groups is 3. The number of carbonyl (C=O) groups excluding carboxylic acids is 3. The van der Waals surface area contributed by atoms with Crippen molar-refractivity contribution in [3.63, 3.8) is 0 Å². The molecule has 77 heavy (non-hydrogen) atoms. The summed E-state index contributed by atoms with van der Waals surface area (Å²) < 4.78 is 16.9. The summed E-state index contributed by atoms with van der Waals surface area (Å²) in [5.41, 5.74) is 0. The molecule has 1 atom stereocenters. The molecule has 0 amide bonds. The molecule has 0 aromatic rings. The van der Waals surface area contributed by atoms with Gasteiger partial charge in [-0.05, 0) is 89.9 Å². The Labute approximate surface area is 478 Å². The lowest BCUT2D eigenvalue weighted by atomic mass is 10.0. The highest BCUT2D eigenvalue weighted by molar-refractivity contribution is 5.71. The Bertz CT molecular complexity index is 1420. The molecule has 0 aromatic carbocycles. The summed E-state index contributed by atoms with van der Waals surface area (Å²) in [6, 6.07) is 0. The fraction of sp³-hybridized carbons (Fsp3) is 0.789. The van der Waals surface area contributed by atoms with Gasteiger partial charge in [-0.2, -0.15) is 0 Å². The van der Waals surface area contributed by atoms with E-state index in [1.165, 1.54) is 212 Å². The van der Waals surface area contributed by atoms with Crippen molar-refractivity contribution < 1.29 is 28.6 Å². The van der Waals surface area contributed by atoms with Crippen LogP contribution >= 0.6 is 0 Å². The summed E-state index contributed by atoms with van der Waals surface area (Å²) in [5, 5.41) is 0. The molecule has 0 aliphatic rings. The molecule has 6 heteroatoms. The van der Waals surface area contributed by atoms with Crippen LogP contribution in [0, 0.1) is 0 Å². The van der Waals surface area contributed by atoms with Gasteiger partial charge in [0.05, 0.1) is 0 Å². The first kappa shape index (κ1) is 73.8. The van der Waals surface area contributed by atoms with Crippen LogP contribution in [0.1, 0.15) is 342 Å². The van der Waals surface area contributed by atoms with Gasteiger partial charge in [0.1, 0.15) is 13.2 Å². The first-order valence-corrected chi connectivity index (χ1v) is 33.4. The minimum atomic E-state index is -0.775. The van der Waals surface area contributed by atoms with Gasteiger partial charge in [-0.15, -0.1) is 0 Å². The number of esters is 3. The molecule has 0 aliphatic carbocycles. The van der Waals surface area contributed by atoms with E-state index in [-0.39, 0.29) is 31.1 Å². The molecule has 0 bridgehead atoms. The second kappa shape index (κ2) is 65.4. The van der Waals surface area contributed by atoms with Crippen molar-refractivity contribution in [2.45, 2.75) is 348 Å². The monoisotopic (exact) mass is 1070 g/mol. The smallest absolute Gasteiger partial charge is 0.306 e. The zero-order valence-corrected chi connectivity index (χ0v) is 51.2. The second-order valence-corrected chi connectivity index (χ2v) is 22.4. The minimum Gasteiger partial charge on any atom is -0.462 e. The Balaban J connectivity index is 4.18. The second-order valence-electron chi connectivity index (χ2n) is 22.4. The van der Waals surface area contributed by atoms with E-state index in [4.69, 9.17) is 14.2 Å². The van der Waals surface area contributed by atoms with Crippen LogP contribution in [0.4, 0.5) is 0 Å². The zero-order chi connectivity index (χ0) is 55.7. The quantitative estimate of drug-likeness (QED) is 0.0261. The molecular formula is C71H126O6.